The Labute approximate surface area is 211 Å². The van der Waals surface area contributed by atoms with Gasteiger partial charge in [0, 0.05) is 17.8 Å². The van der Waals surface area contributed by atoms with Gasteiger partial charge in [-0.05, 0) is 66.4 Å². The predicted molar refractivity (Wildman–Crippen MR) is 141 cm³/mol. The molecular weight excluding hydrogens is 451 g/mol. The normalized spacial score (nSPS) is 10.6. The van der Waals surface area contributed by atoms with Crippen molar-refractivity contribution in [2.24, 2.45) is 0 Å². The Kier molecular flexibility index (Phi) is 8.24. The van der Waals surface area contributed by atoms with Crippen molar-refractivity contribution in [2.75, 3.05) is 11.4 Å². The van der Waals surface area contributed by atoms with E-state index < -0.39 is 0 Å². The van der Waals surface area contributed by atoms with Crippen molar-refractivity contribution >= 4 is 17.5 Å². The van der Waals surface area contributed by atoms with Gasteiger partial charge in [0.2, 0.25) is 5.91 Å². The summed E-state index contributed by atoms with van der Waals surface area (Å²) in [6.07, 6.45) is 1.03. The van der Waals surface area contributed by atoms with Crippen molar-refractivity contribution in [3.05, 3.63) is 137 Å². The number of aryl methyl sites for hydroxylation is 1. The monoisotopic (exact) mass is 480 g/mol. The predicted octanol–water partition coefficient (Wildman–Crippen LogP) is 5.88. The molecule has 5 heteroatoms. The number of hydrogen-bond donors (Lipinski definition) is 1. The minimum absolute atomic E-state index is 0.0500. The van der Waals surface area contributed by atoms with E-state index in [2.05, 4.69) is 5.32 Å². The van der Waals surface area contributed by atoms with E-state index >= 15 is 0 Å². The highest BCUT2D eigenvalue weighted by molar-refractivity contribution is 6.06. The van der Waals surface area contributed by atoms with Gasteiger partial charge in [0.1, 0.15) is 5.82 Å². The number of anilines is 1. The van der Waals surface area contributed by atoms with Crippen LogP contribution in [0.15, 0.2) is 103 Å². The molecule has 0 atom stereocenters. The van der Waals surface area contributed by atoms with Crippen LogP contribution < -0.4 is 10.2 Å². The number of benzene rings is 4. The highest BCUT2D eigenvalue weighted by Crippen LogP contribution is 2.22. The van der Waals surface area contributed by atoms with Crippen LogP contribution in [0.5, 0.6) is 0 Å². The summed E-state index contributed by atoms with van der Waals surface area (Å²) >= 11 is 0. The fourth-order valence-corrected chi connectivity index (χ4v) is 3.98. The molecule has 36 heavy (non-hydrogen) atoms. The summed E-state index contributed by atoms with van der Waals surface area (Å²) in [4.78, 5) is 27.4. The van der Waals surface area contributed by atoms with Crippen molar-refractivity contribution in [3.63, 3.8) is 0 Å². The first-order valence-corrected chi connectivity index (χ1v) is 12.0. The number of nitrogens with one attached hydrogen (secondary N) is 1. The molecule has 1 N–H and O–H groups in total. The van der Waals surface area contributed by atoms with Gasteiger partial charge >= 0.3 is 0 Å². The van der Waals surface area contributed by atoms with Crippen LogP contribution in [-0.4, -0.2) is 18.4 Å². The average Bonchev–Trinajstić information content (AvgIpc) is 2.89. The third-order valence-corrected chi connectivity index (χ3v) is 5.96. The Morgan fingerprint density at radius 1 is 0.778 bits per heavy atom. The fraction of sp³-hybridized carbons (Fsp3) is 0.161. The van der Waals surface area contributed by atoms with E-state index in [0.29, 0.717) is 23.4 Å². The number of carbonyl (C=O) groups excluding carboxylic acids is 2. The summed E-state index contributed by atoms with van der Waals surface area (Å²) in [6.45, 7) is 2.77. The van der Waals surface area contributed by atoms with Gasteiger partial charge in [-0.15, -0.1) is 0 Å². The topological polar surface area (TPSA) is 49.4 Å². The number of nitrogens with zero attached hydrogens (tertiary/aromatic N) is 1. The van der Waals surface area contributed by atoms with E-state index in [0.717, 1.165) is 17.5 Å². The van der Waals surface area contributed by atoms with Crippen LogP contribution >= 0.6 is 0 Å². The first-order valence-electron chi connectivity index (χ1n) is 12.0. The Balaban J connectivity index is 1.45. The molecule has 182 valence electrons. The Morgan fingerprint density at radius 3 is 2.17 bits per heavy atom. The van der Waals surface area contributed by atoms with Crippen LogP contribution in [0.4, 0.5) is 10.1 Å². The van der Waals surface area contributed by atoms with Crippen molar-refractivity contribution in [1.82, 2.24) is 5.32 Å². The van der Waals surface area contributed by atoms with Gasteiger partial charge in [0.15, 0.2) is 0 Å². The molecule has 4 aromatic rings. The summed E-state index contributed by atoms with van der Waals surface area (Å²) in [5.41, 5.74) is 5.02. The maximum Gasteiger partial charge on any atom is 0.258 e. The molecule has 0 heterocycles. The van der Waals surface area contributed by atoms with Crippen LogP contribution in [0.2, 0.25) is 0 Å². The summed E-state index contributed by atoms with van der Waals surface area (Å²) in [7, 11) is 0. The number of hydrogen-bond acceptors (Lipinski definition) is 2. The van der Waals surface area contributed by atoms with Gasteiger partial charge in [-0.3, -0.25) is 9.59 Å². The number of rotatable bonds is 9. The Bertz CT molecular complexity index is 1300. The van der Waals surface area contributed by atoms with Crippen LogP contribution in [-0.2, 0) is 24.2 Å². The third kappa shape index (κ3) is 6.89. The Hall–Kier alpha value is -4.25. The molecule has 0 unspecified atom stereocenters. The van der Waals surface area contributed by atoms with Crippen LogP contribution in [0.3, 0.4) is 0 Å². The lowest BCUT2D eigenvalue weighted by Gasteiger charge is -2.24. The van der Waals surface area contributed by atoms with Gasteiger partial charge < -0.3 is 10.2 Å². The number of carbonyl (C=O) groups is 2. The van der Waals surface area contributed by atoms with Crippen LogP contribution in [0.25, 0.3) is 0 Å². The number of halogens is 1. The molecule has 0 spiro atoms. The van der Waals surface area contributed by atoms with Gasteiger partial charge in [-0.1, -0.05) is 72.3 Å². The average molecular weight is 481 g/mol. The second-order valence-corrected chi connectivity index (χ2v) is 8.82. The molecule has 0 saturated heterocycles. The van der Waals surface area contributed by atoms with Crippen LogP contribution in [0.1, 0.15) is 32.6 Å². The summed E-state index contributed by atoms with van der Waals surface area (Å²) in [5, 5.41) is 2.96. The van der Waals surface area contributed by atoms with E-state index in [9.17, 15) is 14.0 Å². The molecule has 0 aliphatic rings. The standard InChI is InChI=1S/C31H29FN2O2/c1-23-10-14-27(15-11-23)31(36)34(22-26-8-5-9-28(32)20-26)29-16-12-25(13-17-29)21-30(35)33-19-18-24-6-3-2-4-7-24/h2-17,20H,18-19,21-22H2,1H3,(H,33,35). The van der Waals surface area contributed by atoms with Gasteiger partial charge in [-0.2, -0.15) is 0 Å². The van der Waals surface area contributed by atoms with E-state index in [1.807, 2.05) is 73.7 Å². The minimum atomic E-state index is -0.344. The highest BCUT2D eigenvalue weighted by Gasteiger charge is 2.19. The van der Waals surface area contributed by atoms with E-state index in [-0.39, 0.29) is 30.6 Å². The lowest BCUT2D eigenvalue weighted by molar-refractivity contribution is -0.120. The first-order chi connectivity index (χ1) is 17.5. The zero-order chi connectivity index (χ0) is 25.3. The molecule has 0 saturated carbocycles. The van der Waals surface area contributed by atoms with Crippen LogP contribution in [0, 0.1) is 12.7 Å². The highest BCUT2D eigenvalue weighted by atomic mass is 19.1. The second-order valence-electron chi connectivity index (χ2n) is 8.82. The van der Waals surface area contributed by atoms with Crippen molar-refractivity contribution in [1.29, 1.82) is 0 Å². The SMILES string of the molecule is Cc1ccc(C(=O)N(Cc2cccc(F)c2)c2ccc(CC(=O)NCCc3ccccc3)cc2)cc1. The maximum absolute atomic E-state index is 13.8. The molecule has 0 radical (unpaired) electrons. The van der Waals surface area contributed by atoms with Crippen molar-refractivity contribution in [3.8, 4) is 0 Å². The van der Waals surface area contributed by atoms with Crippen molar-refractivity contribution < 1.29 is 14.0 Å². The van der Waals surface area contributed by atoms with Gasteiger partial charge in [-0.25, -0.2) is 4.39 Å². The van der Waals surface area contributed by atoms with E-state index in [4.69, 9.17) is 0 Å². The largest absolute Gasteiger partial charge is 0.355 e. The number of amides is 2. The van der Waals surface area contributed by atoms with Gasteiger partial charge in [0.05, 0.1) is 13.0 Å². The first kappa shape index (κ1) is 24.9. The summed E-state index contributed by atoms with van der Waals surface area (Å²) < 4.78 is 13.8. The minimum Gasteiger partial charge on any atom is -0.355 e. The fourth-order valence-electron chi connectivity index (χ4n) is 3.98. The molecule has 4 rings (SSSR count). The van der Waals surface area contributed by atoms with Gasteiger partial charge in [0.25, 0.3) is 5.91 Å². The van der Waals surface area contributed by atoms with E-state index in [1.165, 1.54) is 17.7 Å². The zero-order valence-corrected chi connectivity index (χ0v) is 20.3. The zero-order valence-electron chi connectivity index (χ0n) is 20.3. The van der Waals surface area contributed by atoms with Crippen molar-refractivity contribution in [2.45, 2.75) is 26.3 Å². The molecule has 4 nitrogen and oxygen atoms in total. The summed E-state index contributed by atoms with van der Waals surface area (Å²) in [5.74, 6) is -0.569. The quantitative estimate of drug-likeness (QED) is 0.325. The molecule has 0 aliphatic heterocycles. The maximum atomic E-state index is 13.8. The molecule has 4 aromatic carbocycles. The summed E-state index contributed by atoms with van der Waals surface area (Å²) in [6, 6.07) is 31.0. The third-order valence-electron chi connectivity index (χ3n) is 5.96. The lowest BCUT2D eigenvalue weighted by atomic mass is 10.1. The second kappa shape index (κ2) is 11.9. The molecule has 0 bridgehead atoms. The Morgan fingerprint density at radius 2 is 1.47 bits per heavy atom. The molecule has 2 amide bonds. The molecule has 0 aliphatic carbocycles. The van der Waals surface area contributed by atoms with E-state index in [1.54, 1.807) is 29.2 Å². The molecule has 0 fully saturated rings. The lowest BCUT2D eigenvalue weighted by Crippen LogP contribution is -2.30. The molecule has 0 aromatic heterocycles. The smallest absolute Gasteiger partial charge is 0.258 e. The molecular formula is C31H29FN2O2.